The van der Waals surface area contributed by atoms with Crippen LogP contribution in [0.5, 0.6) is 11.8 Å². The molecule has 2 aromatic heterocycles. The lowest BCUT2D eigenvalue weighted by Gasteiger charge is -2.08. The van der Waals surface area contributed by atoms with Crippen LogP contribution in [0.25, 0.3) is 10.9 Å². The molecule has 20 heavy (non-hydrogen) atoms. The number of hydrogen-bond donors (Lipinski definition) is 1. The van der Waals surface area contributed by atoms with Crippen molar-refractivity contribution >= 4 is 10.9 Å². The predicted molar refractivity (Wildman–Crippen MR) is 76.5 cm³/mol. The molecular weight excluding hydrogens is 252 g/mol. The van der Waals surface area contributed by atoms with E-state index in [1.807, 2.05) is 43.3 Å². The second kappa shape index (κ2) is 5.22. The van der Waals surface area contributed by atoms with Gasteiger partial charge in [-0.1, -0.05) is 18.2 Å². The Bertz CT molecular complexity index is 752. The minimum Gasteiger partial charge on any atom is -0.422 e. The highest BCUT2D eigenvalue weighted by Gasteiger charge is 2.07. The molecular formula is C15H14N4O. The third kappa shape index (κ3) is 2.44. The molecule has 0 aliphatic heterocycles. The Labute approximate surface area is 116 Å². The van der Waals surface area contributed by atoms with Crippen LogP contribution in [-0.2, 0) is 6.54 Å². The first-order valence-corrected chi connectivity index (χ1v) is 6.32. The summed E-state index contributed by atoms with van der Waals surface area (Å²) in [5, 5.41) is 1.01. The van der Waals surface area contributed by atoms with E-state index in [2.05, 4.69) is 15.0 Å². The molecule has 0 spiro atoms. The zero-order valence-corrected chi connectivity index (χ0v) is 11.1. The SMILES string of the molecule is Cc1cc(CN)nc(Oc2cccc3cccnc23)n1. The molecule has 0 radical (unpaired) electrons. The Morgan fingerprint density at radius 3 is 2.85 bits per heavy atom. The molecule has 100 valence electrons. The first-order chi connectivity index (χ1) is 9.76. The topological polar surface area (TPSA) is 73.9 Å². The van der Waals surface area contributed by atoms with E-state index in [4.69, 9.17) is 10.5 Å². The van der Waals surface area contributed by atoms with Crippen LogP contribution in [0.1, 0.15) is 11.4 Å². The highest BCUT2D eigenvalue weighted by Crippen LogP contribution is 2.26. The standard InChI is InChI=1S/C15H14N4O/c1-10-8-12(9-16)19-15(18-10)20-13-6-2-4-11-5-3-7-17-14(11)13/h2-8H,9,16H2,1H3. The average Bonchev–Trinajstić information content (AvgIpc) is 2.47. The highest BCUT2D eigenvalue weighted by molar-refractivity contribution is 5.84. The summed E-state index contributed by atoms with van der Waals surface area (Å²) in [5.74, 6) is 0.636. The van der Waals surface area contributed by atoms with Gasteiger partial charge in [0.25, 0.3) is 0 Å². The first kappa shape index (κ1) is 12.5. The van der Waals surface area contributed by atoms with Gasteiger partial charge in [0.05, 0.1) is 5.69 Å². The summed E-state index contributed by atoms with van der Waals surface area (Å²) in [6.07, 6.45) is 1.73. The van der Waals surface area contributed by atoms with Gasteiger partial charge in [-0.2, -0.15) is 4.98 Å². The van der Waals surface area contributed by atoms with Crippen molar-refractivity contribution in [1.29, 1.82) is 0 Å². The molecule has 0 atom stereocenters. The Morgan fingerprint density at radius 1 is 1.15 bits per heavy atom. The van der Waals surface area contributed by atoms with Crippen LogP contribution in [0, 0.1) is 6.92 Å². The van der Waals surface area contributed by atoms with E-state index in [1.165, 1.54) is 0 Å². The summed E-state index contributed by atoms with van der Waals surface area (Å²) >= 11 is 0. The van der Waals surface area contributed by atoms with E-state index < -0.39 is 0 Å². The van der Waals surface area contributed by atoms with Crippen molar-refractivity contribution < 1.29 is 4.74 Å². The van der Waals surface area contributed by atoms with Crippen molar-refractivity contribution in [2.24, 2.45) is 5.73 Å². The number of para-hydroxylation sites is 1. The van der Waals surface area contributed by atoms with E-state index in [0.717, 1.165) is 22.3 Å². The van der Waals surface area contributed by atoms with Gasteiger partial charge >= 0.3 is 6.01 Å². The van der Waals surface area contributed by atoms with Crippen LogP contribution in [0.15, 0.2) is 42.6 Å². The Morgan fingerprint density at radius 2 is 2.00 bits per heavy atom. The van der Waals surface area contributed by atoms with Gasteiger partial charge in [0.2, 0.25) is 0 Å². The lowest BCUT2D eigenvalue weighted by Crippen LogP contribution is -2.03. The number of pyridine rings is 1. The molecule has 3 rings (SSSR count). The quantitative estimate of drug-likeness (QED) is 0.788. The zero-order valence-electron chi connectivity index (χ0n) is 11.1. The molecule has 5 nitrogen and oxygen atoms in total. The summed E-state index contributed by atoms with van der Waals surface area (Å²) in [6.45, 7) is 2.24. The Hall–Kier alpha value is -2.53. The average molecular weight is 266 g/mol. The number of aromatic nitrogens is 3. The van der Waals surface area contributed by atoms with Crippen molar-refractivity contribution in [1.82, 2.24) is 15.0 Å². The smallest absolute Gasteiger partial charge is 0.322 e. The largest absolute Gasteiger partial charge is 0.422 e. The Kier molecular flexibility index (Phi) is 3.26. The molecule has 0 aliphatic carbocycles. The van der Waals surface area contributed by atoms with Gasteiger partial charge < -0.3 is 10.5 Å². The number of aryl methyl sites for hydroxylation is 1. The number of nitrogens with two attached hydrogens (primary N) is 1. The summed E-state index contributed by atoms with van der Waals surface area (Å²) in [4.78, 5) is 12.9. The predicted octanol–water partition coefficient (Wildman–Crippen LogP) is 2.58. The van der Waals surface area contributed by atoms with Crippen LogP contribution in [-0.4, -0.2) is 15.0 Å². The van der Waals surface area contributed by atoms with Gasteiger partial charge in [0.1, 0.15) is 5.52 Å². The van der Waals surface area contributed by atoms with Gasteiger partial charge in [-0.15, -0.1) is 0 Å². The van der Waals surface area contributed by atoms with Crippen molar-refractivity contribution in [2.45, 2.75) is 13.5 Å². The maximum Gasteiger partial charge on any atom is 0.322 e. The number of rotatable bonds is 3. The number of ether oxygens (including phenoxy) is 1. The first-order valence-electron chi connectivity index (χ1n) is 6.32. The van der Waals surface area contributed by atoms with Gasteiger partial charge in [-0.3, -0.25) is 4.98 Å². The van der Waals surface area contributed by atoms with E-state index in [-0.39, 0.29) is 0 Å². The number of nitrogens with zero attached hydrogens (tertiary/aromatic N) is 3. The lowest BCUT2D eigenvalue weighted by molar-refractivity contribution is 0.441. The summed E-state index contributed by atoms with van der Waals surface area (Å²) in [5.41, 5.74) is 7.97. The van der Waals surface area contributed by atoms with Gasteiger partial charge in [0, 0.05) is 23.8 Å². The molecule has 0 saturated heterocycles. The minimum atomic E-state index is 0.295. The summed E-state index contributed by atoms with van der Waals surface area (Å²) in [6, 6.07) is 11.8. The van der Waals surface area contributed by atoms with Crippen LogP contribution >= 0.6 is 0 Å². The van der Waals surface area contributed by atoms with Crippen LogP contribution < -0.4 is 10.5 Å². The van der Waals surface area contributed by atoms with Crippen LogP contribution in [0.4, 0.5) is 0 Å². The number of benzene rings is 1. The second-order valence-electron chi connectivity index (χ2n) is 4.42. The maximum absolute atomic E-state index is 5.77. The second-order valence-corrected chi connectivity index (χ2v) is 4.42. The minimum absolute atomic E-state index is 0.295. The van der Waals surface area contributed by atoms with Crippen molar-refractivity contribution in [2.75, 3.05) is 0 Å². The summed E-state index contributed by atoms with van der Waals surface area (Å²) < 4.78 is 5.77. The lowest BCUT2D eigenvalue weighted by atomic mass is 10.2. The molecule has 0 bridgehead atoms. The molecule has 1 aromatic carbocycles. The van der Waals surface area contributed by atoms with Gasteiger partial charge in [0.15, 0.2) is 5.75 Å². The third-order valence-electron chi connectivity index (χ3n) is 2.89. The summed E-state index contributed by atoms with van der Waals surface area (Å²) in [7, 11) is 0. The van der Waals surface area contributed by atoms with E-state index >= 15 is 0 Å². The van der Waals surface area contributed by atoms with E-state index in [9.17, 15) is 0 Å². The van der Waals surface area contributed by atoms with Crippen molar-refractivity contribution in [3.05, 3.63) is 54.0 Å². The molecule has 2 N–H and O–H groups in total. The number of fused-ring (bicyclic) bond motifs is 1. The fraction of sp³-hybridized carbons (Fsp3) is 0.133. The third-order valence-corrected chi connectivity index (χ3v) is 2.89. The van der Waals surface area contributed by atoms with Gasteiger partial charge in [-0.25, -0.2) is 4.98 Å². The van der Waals surface area contributed by atoms with Crippen LogP contribution in [0.3, 0.4) is 0 Å². The van der Waals surface area contributed by atoms with Crippen molar-refractivity contribution in [3.8, 4) is 11.8 Å². The molecule has 0 fully saturated rings. The Balaban J connectivity index is 2.03. The molecule has 0 unspecified atom stereocenters. The molecule has 5 heteroatoms. The zero-order chi connectivity index (χ0) is 13.9. The fourth-order valence-corrected chi connectivity index (χ4v) is 2.01. The highest BCUT2D eigenvalue weighted by atomic mass is 16.5. The van der Waals surface area contributed by atoms with E-state index in [1.54, 1.807) is 6.20 Å². The molecule has 0 saturated carbocycles. The fourth-order valence-electron chi connectivity index (χ4n) is 2.01. The van der Waals surface area contributed by atoms with E-state index in [0.29, 0.717) is 18.3 Å². The molecule has 2 heterocycles. The normalized spacial score (nSPS) is 10.7. The maximum atomic E-state index is 5.77. The molecule has 3 aromatic rings. The molecule has 0 aliphatic rings. The van der Waals surface area contributed by atoms with Gasteiger partial charge in [-0.05, 0) is 25.1 Å². The van der Waals surface area contributed by atoms with Crippen molar-refractivity contribution in [3.63, 3.8) is 0 Å². The van der Waals surface area contributed by atoms with Crippen LogP contribution in [0.2, 0.25) is 0 Å². The number of hydrogen-bond acceptors (Lipinski definition) is 5. The monoisotopic (exact) mass is 266 g/mol. The molecule has 0 amide bonds.